The van der Waals surface area contributed by atoms with Crippen LogP contribution in [0.5, 0.6) is 0 Å². The number of likely N-dealkylation sites (tertiary alicyclic amines) is 1. The molecule has 5 nitrogen and oxygen atoms in total. The second-order valence-electron chi connectivity index (χ2n) is 5.58. The van der Waals surface area contributed by atoms with E-state index >= 15 is 0 Å². The molecule has 0 radical (unpaired) electrons. The van der Waals surface area contributed by atoms with Crippen LogP contribution in [0, 0.1) is 5.92 Å². The summed E-state index contributed by atoms with van der Waals surface area (Å²) in [5.41, 5.74) is 0. The lowest BCUT2D eigenvalue weighted by Crippen LogP contribution is -2.51. The number of nitrogens with one attached hydrogen (secondary N) is 1. The number of aliphatic hydroxyl groups excluding tert-OH is 1. The molecule has 2 N–H and O–H groups in total. The van der Waals surface area contributed by atoms with Crippen molar-refractivity contribution in [1.82, 2.24) is 10.2 Å². The largest absolute Gasteiger partial charge is 0.450 e. The maximum absolute atomic E-state index is 11.9. The number of nitrogens with zero attached hydrogens (tertiary/aromatic N) is 1. The number of piperidine rings is 1. The van der Waals surface area contributed by atoms with Crippen molar-refractivity contribution in [2.45, 2.75) is 52.0 Å². The first-order chi connectivity index (χ1) is 9.71. The molecule has 0 spiro atoms. The van der Waals surface area contributed by atoms with Gasteiger partial charge in [0.15, 0.2) is 0 Å². The molecule has 1 saturated heterocycles. The molecule has 0 aromatic rings. The molecule has 0 bridgehead atoms. The summed E-state index contributed by atoms with van der Waals surface area (Å²) in [4.78, 5) is 13.8. The van der Waals surface area contributed by atoms with Crippen molar-refractivity contribution in [1.29, 1.82) is 0 Å². The van der Waals surface area contributed by atoms with E-state index in [1.807, 2.05) is 11.8 Å². The zero-order valence-corrected chi connectivity index (χ0v) is 12.9. The van der Waals surface area contributed by atoms with Crippen LogP contribution in [0.25, 0.3) is 0 Å². The number of aliphatic hydroxyl groups is 1. The summed E-state index contributed by atoms with van der Waals surface area (Å²) < 4.78 is 5.13. The molecule has 118 valence electrons. The average Bonchev–Trinajstić information content (AvgIpc) is 2.45. The fraction of sp³-hybridized carbons (Fsp3) is 0.933. The van der Waals surface area contributed by atoms with E-state index in [1.54, 1.807) is 0 Å². The minimum absolute atomic E-state index is 0.192. The highest BCUT2D eigenvalue weighted by Gasteiger charge is 2.29. The SMILES string of the molecule is CCCCC1CC(NCCCO)CN(C(=O)OCC)C1. The zero-order valence-electron chi connectivity index (χ0n) is 12.9. The molecule has 2 atom stereocenters. The Labute approximate surface area is 122 Å². The lowest BCUT2D eigenvalue weighted by molar-refractivity contribution is 0.0767. The van der Waals surface area contributed by atoms with Gasteiger partial charge in [-0.15, -0.1) is 0 Å². The van der Waals surface area contributed by atoms with Crippen molar-refractivity contribution in [3.05, 3.63) is 0 Å². The summed E-state index contributed by atoms with van der Waals surface area (Å²) in [5.74, 6) is 0.555. The zero-order chi connectivity index (χ0) is 14.8. The molecule has 1 aliphatic heterocycles. The van der Waals surface area contributed by atoms with Crippen molar-refractivity contribution in [2.75, 3.05) is 32.8 Å². The fourth-order valence-corrected chi connectivity index (χ4v) is 2.80. The van der Waals surface area contributed by atoms with E-state index in [0.717, 1.165) is 25.9 Å². The van der Waals surface area contributed by atoms with Crippen LogP contribution in [0.4, 0.5) is 4.79 Å². The summed E-state index contributed by atoms with van der Waals surface area (Å²) in [5, 5.41) is 12.3. The molecule has 0 saturated carbocycles. The second-order valence-corrected chi connectivity index (χ2v) is 5.58. The lowest BCUT2D eigenvalue weighted by Gasteiger charge is -2.37. The van der Waals surface area contributed by atoms with E-state index in [0.29, 0.717) is 25.1 Å². The average molecular weight is 286 g/mol. The normalized spacial score (nSPS) is 22.9. The Morgan fingerprint density at radius 3 is 2.80 bits per heavy atom. The maximum atomic E-state index is 11.9. The minimum Gasteiger partial charge on any atom is -0.450 e. The number of unbranched alkanes of at least 4 members (excludes halogenated alkanes) is 1. The van der Waals surface area contributed by atoms with Crippen LogP contribution in [0.2, 0.25) is 0 Å². The number of ether oxygens (including phenoxy) is 1. The molecule has 5 heteroatoms. The third kappa shape index (κ3) is 6.09. The van der Waals surface area contributed by atoms with Crippen molar-refractivity contribution in [2.24, 2.45) is 5.92 Å². The molecule has 0 aromatic heterocycles. The maximum Gasteiger partial charge on any atom is 0.409 e. The van der Waals surface area contributed by atoms with E-state index in [1.165, 1.54) is 19.3 Å². The Balaban J connectivity index is 2.50. The highest BCUT2D eigenvalue weighted by molar-refractivity contribution is 5.67. The van der Waals surface area contributed by atoms with Crippen LogP contribution < -0.4 is 5.32 Å². The second kappa shape index (κ2) is 10.00. The summed E-state index contributed by atoms with van der Waals surface area (Å²) in [7, 11) is 0. The smallest absolute Gasteiger partial charge is 0.409 e. The first kappa shape index (κ1) is 17.2. The van der Waals surface area contributed by atoms with E-state index in [-0.39, 0.29) is 12.7 Å². The van der Waals surface area contributed by atoms with Crippen LogP contribution in [0.3, 0.4) is 0 Å². The summed E-state index contributed by atoms with van der Waals surface area (Å²) in [6.45, 7) is 7.01. The monoisotopic (exact) mass is 286 g/mol. The molecule has 1 amide bonds. The van der Waals surface area contributed by atoms with Gasteiger partial charge in [0.1, 0.15) is 0 Å². The molecule has 1 fully saturated rings. The van der Waals surface area contributed by atoms with Gasteiger partial charge >= 0.3 is 6.09 Å². The van der Waals surface area contributed by atoms with Crippen LogP contribution in [-0.4, -0.2) is 55.0 Å². The summed E-state index contributed by atoms with van der Waals surface area (Å²) >= 11 is 0. The van der Waals surface area contributed by atoms with Gasteiger partial charge in [-0.25, -0.2) is 4.79 Å². The van der Waals surface area contributed by atoms with Crippen LogP contribution in [-0.2, 0) is 4.74 Å². The number of hydrogen-bond acceptors (Lipinski definition) is 4. The molecular weight excluding hydrogens is 256 g/mol. The van der Waals surface area contributed by atoms with Gasteiger partial charge in [0.05, 0.1) is 6.61 Å². The number of carbonyl (C=O) groups is 1. The van der Waals surface area contributed by atoms with E-state index in [4.69, 9.17) is 9.84 Å². The highest BCUT2D eigenvalue weighted by Crippen LogP contribution is 2.22. The predicted octanol–water partition coefficient (Wildman–Crippen LogP) is 2.00. The molecule has 1 heterocycles. The third-order valence-corrected chi connectivity index (χ3v) is 3.80. The van der Waals surface area contributed by atoms with Crippen molar-refractivity contribution in [3.63, 3.8) is 0 Å². The Bertz CT molecular complexity index is 274. The van der Waals surface area contributed by atoms with Gasteiger partial charge in [-0.05, 0) is 38.6 Å². The number of amides is 1. The van der Waals surface area contributed by atoms with Crippen molar-refractivity contribution < 1.29 is 14.6 Å². The third-order valence-electron chi connectivity index (χ3n) is 3.80. The highest BCUT2D eigenvalue weighted by atomic mass is 16.6. The minimum atomic E-state index is -0.192. The van der Waals surface area contributed by atoms with Gasteiger partial charge in [0.25, 0.3) is 0 Å². The van der Waals surface area contributed by atoms with Crippen molar-refractivity contribution >= 4 is 6.09 Å². The van der Waals surface area contributed by atoms with E-state index < -0.39 is 0 Å². The quantitative estimate of drug-likeness (QED) is 0.670. The standard InChI is InChI=1S/C15H30N2O3/c1-3-5-7-13-10-14(16-8-6-9-18)12-17(11-13)15(19)20-4-2/h13-14,16,18H,3-12H2,1-2H3. The molecule has 0 aromatic carbocycles. The van der Waals surface area contributed by atoms with E-state index in [2.05, 4.69) is 12.2 Å². The first-order valence-electron chi connectivity index (χ1n) is 7.97. The van der Waals surface area contributed by atoms with Gasteiger partial charge in [-0.3, -0.25) is 0 Å². The Morgan fingerprint density at radius 2 is 2.15 bits per heavy atom. The van der Waals surface area contributed by atoms with Gasteiger partial charge in [-0.1, -0.05) is 19.8 Å². The number of hydrogen-bond donors (Lipinski definition) is 2. The number of carbonyl (C=O) groups excluding carboxylic acids is 1. The molecular formula is C15H30N2O3. The predicted molar refractivity (Wildman–Crippen MR) is 79.7 cm³/mol. The Kier molecular flexibility index (Phi) is 8.62. The molecule has 1 rings (SSSR count). The molecule has 1 aliphatic rings. The molecule has 0 aliphatic carbocycles. The fourth-order valence-electron chi connectivity index (χ4n) is 2.80. The van der Waals surface area contributed by atoms with Gasteiger partial charge in [0, 0.05) is 25.7 Å². The Hall–Kier alpha value is -0.810. The molecule has 20 heavy (non-hydrogen) atoms. The van der Waals surface area contributed by atoms with Gasteiger partial charge in [-0.2, -0.15) is 0 Å². The van der Waals surface area contributed by atoms with Crippen LogP contribution in [0.1, 0.15) is 46.0 Å². The van der Waals surface area contributed by atoms with Gasteiger partial charge in [0.2, 0.25) is 0 Å². The topological polar surface area (TPSA) is 61.8 Å². The van der Waals surface area contributed by atoms with Crippen LogP contribution >= 0.6 is 0 Å². The lowest BCUT2D eigenvalue weighted by atomic mass is 9.90. The van der Waals surface area contributed by atoms with Crippen LogP contribution in [0.15, 0.2) is 0 Å². The van der Waals surface area contributed by atoms with Gasteiger partial charge < -0.3 is 20.1 Å². The van der Waals surface area contributed by atoms with E-state index in [9.17, 15) is 4.79 Å². The first-order valence-corrected chi connectivity index (χ1v) is 7.97. The number of rotatable bonds is 8. The van der Waals surface area contributed by atoms with Crippen molar-refractivity contribution in [3.8, 4) is 0 Å². The summed E-state index contributed by atoms with van der Waals surface area (Å²) in [6, 6.07) is 0.321. The molecule has 2 unspecified atom stereocenters. The Morgan fingerprint density at radius 1 is 1.35 bits per heavy atom. The summed E-state index contributed by atoms with van der Waals surface area (Å²) in [6.07, 6.45) is 5.26.